The van der Waals surface area contributed by atoms with Crippen molar-refractivity contribution in [3.8, 4) is 11.9 Å². The van der Waals surface area contributed by atoms with Crippen molar-refractivity contribution in [1.82, 2.24) is 19.7 Å². The second-order valence-electron chi connectivity index (χ2n) is 5.73. The number of nitriles is 1. The molecule has 1 N–H and O–H groups in total. The van der Waals surface area contributed by atoms with E-state index < -0.39 is 0 Å². The predicted molar refractivity (Wildman–Crippen MR) is 84.8 cm³/mol. The Morgan fingerprint density at radius 1 is 1.50 bits per heavy atom. The molecule has 0 unspecified atom stereocenters. The van der Waals surface area contributed by atoms with Gasteiger partial charge in [-0.1, -0.05) is 0 Å². The Bertz CT molecular complexity index is 867. The van der Waals surface area contributed by atoms with E-state index in [9.17, 15) is 0 Å². The Balaban J connectivity index is 1.56. The normalized spacial score (nSPS) is 21.5. The number of nitrogens with zero attached hydrogens (tertiary/aromatic N) is 6. The van der Waals surface area contributed by atoms with Crippen molar-refractivity contribution in [3.63, 3.8) is 0 Å². The molecule has 0 radical (unpaired) electrons. The SMILES string of the molecule is C[C@@H]1OC[C@H]1Oc1nn(C)cc1Nc1ncc2c(n1)N=C(C#N)C2. The van der Waals surface area contributed by atoms with Crippen LogP contribution in [0.25, 0.3) is 0 Å². The van der Waals surface area contributed by atoms with Gasteiger partial charge >= 0.3 is 0 Å². The molecular formula is C15H15N7O2. The van der Waals surface area contributed by atoms with Gasteiger partial charge in [-0.2, -0.15) is 10.2 Å². The molecule has 1 fully saturated rings. The van der Waals surface area contributed by atoms with Gasteiger partial charge in [-0.3, -0.25) is 4.68 Å². The summed E-state index contributed by atoms with van der Waals surface area (Å²) in [6, 6.07) is 2.05. The lowest BCUT2D eigenvalue weighted by molar-refractivity contribution is -0.140. The minimum atomic E-state index is -0.0100. The largest absolute Gasteiger partial charge is 0.467 e. The van der Waals surface area contributed by atoms with Gasteiger partial charge in [0.05, 0.1) is 18.9 Å². The smallest absolute Gasteiger partial charge is 0.257 e. The Kier molecular flexibility index (Phi) is 3.39. The standard InChI is InChI=1S/C15H15N7O2/c1-8-12(7-23-8)24-14-11(6-22(2)21-14)19-15-17-5-9-3-10(4-16)18-13(9)20-15/h5-6,8,12H,3,7H2,1-2H3,(H,17,19,20)/t8-,12+/m0/s1. The van der Waals surface area contributed by atoms with Gasteiger partial charge in [-0.05, 0) is 6.92 Å². The molecule has 0 amide bonds. The third-order valence-corrected chi connectivity index (χ3v) is 3.92. The maximum absolute atomic E-state index is 8.93. The maximum Gasteiger partial charge on any atom is 0.257 e. The lowest BCUT2D eigenvalue weighted by atomic mass is 10.2. The molecule has 2 atom stereocenters. The zero-order valence-electron chi connectivity index (χ0n) is 13.2. The van der Waals surface area contributed by atoms with E-state index in [0.29, 0.717) is 42.1 Å². The molecule has 122 valence electrons. The molecule has 0 aromatic carbocycles. The number of nitrogens with one attached hydrogen (secondary N) is 1. The molecule has 0 aliphatic carbocycles. The van der Waals surface area contributed by atoms with Crippen molar-refractivity contribution < 1.29 is 9.47 Å². The predicted octanol–water partition coefficient (Wildman–Crippen LogP) is 1.27. The minimum Gasteiger partial charge on any atom is -0.467 e. The summed E-state index contributed by atoms with van der Waals surface area (Å²) < 4.78 is 12.8. The number of ether oxygens (including phenoxy) is 2. The fourth-order valence-electron chi connectivity index (χ4n) is 2.49. The van der Waals surface area contributed by atoms with Crippen LogP contribution < -0.4 is 10.1 Å². The number of rotatable bonds is 4. The molecule has 4 heterocycles. The zero-order valence-corrected chi connectivity index (χ0v) is 13.2. The summed E-state index contributed by atoms with van der Waals surface area (Å²) in [6.07, 6.45) is 3.99. The first-order valence-electron chi connectivity index (χ1n) is 7.55. The van der Waals surface area contributed by atoms with Crippen molar-refractivity contribution >= 4 is 23.2 Å². The van der Waals surface area contributed by atoms with E-state index in [4.69, 9.17) is 14.7 Å². The fraction of sp³-hybridized carbons (Fsp3) is 0.400. The average Bonchev–Trinajstić information content (AvgIpc) is 3.13. The first-order valence-corrected chi connectivity index (χ1v) is 7.55. The molecule has 2 aliphatic rings. The van der Waals surface area contributed by atoms with Crippen molar-refractivity contribution in [2.75, 3.05) is 11.9 Å². The number of aryl methyl sites for hydroxylation is 1. The molecule has 0 saturated carbocycles. The molecule has 2 aromatic heterocycles. The molecular weight excluding hydrogens is 310 g/mol. The lowest BCUT2D eigenvalue weighted by Gasteiger charge is -2.33. The first-order chi connectivity index (χ1) is 11.6. The van der Waals surface area contributed by atoms with Crippen molar-refractivity contribution in [1.29, 1.82) is 5.26 Å². The highest BCUT2D eigenvalue weighted by Crippen LogP contribution is 2.30. The van der Waals surface area contributed by atoms with Crippen molar-refractivity contribution in [3.05, 3.63) is 18.0 Å². The van der Waals surface area contributed by atoms with Gasteiger partial charge in [-0.25, -0.2) is 9.98 Å². The van der Waals surface area contributed by atoms with Crippen LogP contribution in [0.2, 0.25) is 0 Å². The van der Waals surface area contributed by atoms with Crippen LogP contribution in [0.3, 0.4) is 0 Å². The number of fused-ring (bicyclic) bond motifs is 1. The lowest BCUT2D eigenvalue weighted by Crippen LogP contribution is -2.46. The van der Waals surface area contributed by atoms with E-state index in [-0.39, 0.29) is 12.2 Å². The second kappa shape index (κ2) is 5.58. The van der Waals surface area contributed by atoms with Crippen LogP contribution >= 0.6 is 0 Å². The van der Waals surface area contributed by atoms with Gasteiger partial charge in [0.1, 0.15) is 23.6 Å². The summed E-state index contributed by atoms with van der Waals surface area (Å²) in [5.74, 6) is 1.38. The highest BCUT2D eigenvalue weighted by Gasteiger charge is 2.31. The zero-order chi connectivity index (χ0) is 16.7. The highest BCUT2D eigenvalue weighted by atomic mass is 16.6. The Morgan fingerprint density at radius 2 is 2.38 bits per heavy atom. The van der Waals surface area contributed by atoms with E-state index in [1.165, 1.54) is 0 Å². The second-order valence-corrected chi connectivity index (χ2v) is 5.73. The summed E-state index contributed by atoms with van der Waals surface area (Å²) in [5, 5.41) is 16.3. The summed E-state index contributed by atoms with van der Waals surface area (Å²) in [5.41, 5.74) is 1.96. The summed E-state index contributed by atoms with van der Waals surface area (Å²) in [4.78, 5) is 12.8. The van der Waals surface area contributed by atoms with E-state index in [0.717, 1.165) is 5.56 Å². The van der Waals surface area contributed by atoms with Crippen molar-refractivity contribution in [2.45, 2.75) is 25.6 Å². The van der Waals surface area contributed by atoms with Gasteiger partial charge < -0.3 is 14.8 Å². The molecule has 0 bridgehead atoms. The van der Waals surface area contributed by atoms with Gasteiger partial charge in [-0.15, -0.1) is 5.10 Å². The van der Waals surface area contributed by atoms with E-state index in [1.807, 2.05) is 20.0 Å². The highest BCUT2D eigenvalue weighted by molar-refractivity contribution is 6.04. The summed E-state index contributed by atoms with van der Waals surface area (Å²) >= 11 is 0. The number of aromatic nitrogens is 4. The van der Waals surface area contributed by atoms with E-state index >= 15 is 0 Å². The Labute approximate surface area is 138 Å². The molecule has 2 aromatic rings. The van der Waals surface area contributed by atoms with Crippen LogP contribution in [0, 0.1) is 11.3 Å². The van der Waals surface area contributed by atoms with Crippen LogP contribution in [0.4, 0.5) is 17.5 Å². The maximum atomic E-state index is 8.93. The van der Waals surface area contributed by atoms with Gasteiger partial charge in [0.25, 0.3) is 5.88 Å². The van der Waals surface area contributed by atoms with E-state index in [1.54, 1.807) is 17.1 Å². The monoisotopic (exact) mass is 325 g/mol. The van der Waals surface area contributed by atoms with Crippen LogP contribution in [-0.2, 0) is 18.2 Å². The fourth-order valence-corrected chi connectivity index (χ4v) is 2.49. The minimum absolute atomic E-state index is 0.0100. The van der Waals surface area contributed by atoms with E-state index in [2.05, 4.69) is 25.4 Å². The number of hydrogen-bond acceptors (Lipinski definition) is 8. The first kappa shape index (κ1) is 14.6. The molecule has 9 heteroatoms. The third-order valence-electron chi connectivity index (χ3n) is 3.92. The van der Waals surface area contributed by atoms with Crippen LogP contribution in [0.5, 0.6) is 5.88 Å². The molecule has 0 spiro atoms. The summed E-state index contributed by atoms with van der Waals surface area (Å²) in [6.45, 7) is 2.51. The Morgan fingerprint density at radius 3 is 3.08 bits per heavy atom. The number of hydrogen-bond donors (Lipinski definition) is 1. The molecule has 24 heavy (non-hydrogen) atoms. The molecule has 4 rings (SSSR count). The van der Waals surface area contributed by atoms with Gasteiger partial charge in [0.15, 0.2) is 5.82 Å². The molecule has 1 saturated heterocycles. The third kappa shape index (κ3) is 2.57. The molecule has 2 aliphatic heterocycles. The van der Waals surface area contributed by atoms with Gasteiger partial charge in [0, 0.05) is 25.2 Å². The number of aliphatic imine (C=N–C) groups is 1. The van der Waals surface area contributed by atoms with Crippen molar-refractivity contribution in [2.24, 2.45) is 12.0 Å². The van der Waals surface area contributed by atoms with Gasteiger partial charge in [0.2, 0.25) is 5.95 Å². The van der Waals surface area contributed by atoms with Crippen LogP contribution in [0.1, 0.15) is 12.5 Å². The van der Waals surface area contributed by atoms with Crippen LogP contribution in [0.15, 0.2) is 17.4 Å². The average molecular weight is 325 g/mol. The topological polar surface area (TPSA) is 110 Å². The molecule has 9 nitrogen and oxygen atoms in total. The van der Waals surface area contributed by atoms with Crippen LogP contribution in [-0.4, -0.2) is 44.3 Å². The number of anilines is 2. The Hall–Kier alpha value is -2.99. The quantitative estimate of drug-likeness (QED) is 0.901. The summed E-state index contributed by atoms with van der Waals surface area (Å²) in [7, 11) is 1.81.